The van der Waals surface area contributed by atoms with Gasteiger partial charge in [0.15, 0.2) is 5.13 Å². The van der Waals surface area contributed by atoms with Crippen LogP contribution >= 0.6 is 11.3 Å². The van der Waals surface area contributed by atoms with Crippen molar-refractivity contribution in [3.05, 3.63) is 40.7 Å². The lowest BCUT2D eigenvalue weighted by molar-refractivity contribution is 0.598. The minimum Gasteiger partial charge on any atom is -0.323 e. The van der Waals surface area contributed by atoms with Gasteiger partial charge in [-0.3, -0.25) is 4.72 Å². The van der Waals surface area contributed by atoms with Crippen molar-refractivity contribution in [2.24, 2.45) is 5.73 Å². The monoisotopic (exact) mass is 315 g/mol. The van der Waals surface area contributed by atoms with Crippen LogP contribution in [0.1, 0.15) is 24.2 Å². The van der Waals surface area contributed by atoms with Crippen molar-refractivity contribution in [2.45, 2.75) is 24.8 Å². The third-order valence-electron chi connectivity index (χ3n) is 2.64. The van der Waals surface area contributed by atoms with E-state index in [2.05, 4.69) is 9.71 Å². The van der Waals surface area contributed by atoms with Gasteiger partial charge in [-0.25, -0.2) is 17.8 Å². The van der Waals surface area contributed by atoms with E-state index in [9.17, 15) is 12.8 Å². The average molecular weight is 315 g/mol. The van der Waals surface area contributed by atoms with Gasteiger partial charge in [-0.15, -0.1) is 11.3 Å². The molecule has 0 bridgehead atoms. The highest BCUT2D eigenvalue weighted by molar-refractivity contribution is 7.93. The first kappa shape index (κ1) is 14.9. The fraction of sp³-hybridized carbons (Fsp3) is 0.250. The normalized spacial score (nSPS) is 13.2. The van der Waals surface area contributed by atoms with Gasteiger partial charge in [0.2, 0.25) is 0 Å². The third kappa shape index (κ3) is 3.14. The second kappa shape index (κ2) is 5.47. The number of sulfonamides is 1. The molecule has 0 saturated carbocycles. The SMILES string of the molecule is Cc1cc(F)ccc1S(=O)(=O)Nc1nc(C(C)N)cs1. The highest BCUT2D eigenvalue weighted by Crippen LogP contribution is 2.24. The molecule has 0 aliphatic heterocycles. The van der Waals surface area contributed by atoms with Crippen LogP contribution in [0.4, 0.5) is 9.52 Å². The summed E-state index contributed by atoms with van der Waals surface area (Å²) in [7, 11) is -3.78. The number of aromatic nitrogens is 1. The molecule has 20 heavy (non-hydrogen) atoms. The number of hydrogen-bond donors (Lipinski definition) is 2. The van der Waals surface area contributed by atoms with Crippen molar-refractivity contribution in [3.63, 3.8) is 0 Å². The Bertz CT molecular complexity index is 726. The van der Waals surface area contributed by atoms with Crippen LogP contribution in [-0.2, 0) is 10.0 Å². The number of anilines is 1. The fourth-order valence-corrected chi connectivity index (χ4v) is 3.92. The van der Waals surface area contributed by atoms with Gasteiger partial charge in [0.05, 0.1) is 10.6 Å². The number of halogens is 1. The summed E-state index contributed by atoms with van der Waals surface area (Å²) in [5.74, 6) is -0.477. The van der Waals surface area contributed by atoms with Crippen LogP contribution < -0.4 is 10.5 Å². The molecule has 2 aromatic rings. The number of nitrogens with two attached hydrogens (primary N) is 1. The predicted molar refractivity (Wildman–Crippen MR) is 76.7 cm³/mol. The Morgan fingerprint density at radius 2 is 2.15 bits per heavy atom. The van der Waals surface area contributed by atoms with Crippen molar-refractivity contribution >= 4 is 26.5 Å². The minimum absolute atomic E-state index is 0.0245. The summed E-state index contributed by atoms with van der Waals surface area (Å²) in [6.07, 6.45) is 0. The number of aryl methyl sites for hydroxylation is 1. The van der Waals surface area contributed by atoms with E-state index >= 15 is 0 Å². The van der Waals surface area contributed by atoms with E-state index in [1.807, 2.05) is 0 Å². The third-order valence-corrected chi connectivity index (χ3v) is 5.04. The highest BCUT2D eigenvalue weighted by atomic mass is 32.2. The van der Waals surface area contributed by atoms with Crippen LogP contribution in [0.25, 0.3) is 0 Å². The maximum atomic E-state index is 13.0. The van der Waals surface area contributed by atoms with Crippen LogP contribution in [0.3, 0.4) is 0 Å². The summed E-state index contributed by atoms with van der Waals surface area (Å²) >= 11 is 1.15. The minimum atomic E-state index is -3.78. The van der Waals surface area contributed by atoms with Gasteiger partial charge in [0, 0.05) is 11.4 Å². The molecule has 1 aromatic heterocycles. The van der Waals surface area contributed by atoms with Crippen molar-refractivity contribution in [1.29, 1.82) is 0 Å². The molecule has 0 saturated heterocycles. The average Bonchev–Trinajstić information content (AvgIpc) is 2.76. The topological polar surface area (TPSA) is 85.1 Å². The summed E-state index contributed by atoms with van der Waals surface area (Å²) < 4.78 is 39.8. The molecule has 3 N–H and O–H groups in total. The summed E-state index contributed by atoms with van der Waals surface area (Å²) in [5, 5.41) is 1.93. The molecule has 5 nitrogen and oxygen atoms in total. The predicted octanol–water partition coefficient (Wildman–Crippen LogP) is 2.41. The number of nitrogens with zero attached hydrogens (tertiary/aromatic N) is 1. The maximum absolute atomic E-state index is 13.0. The first-order chi connectivity index (χ1) is 9.29. The Kier molecular flexibility index (Phi) is 4.07. The lowest BCUT2D eigenvalue weighted by atomic mass is 10.2. The Balaban J connectivity index is 2.30. The molecule has 0 fully saturated rings. The quantitative estimate of drug-likeness (QED) is 0.907. The summed E-state index contributed by atoms with van der Waals surface area (Å²) in [6.45, 7) is 3.30. The molecular formula is C12H14FN3O2S2. The molecule has 1 unspecified atom stereocenters. The van der Waals surface area contributed by atoms with Gasteiger partial charge in [-0.05, 0) is 37.6 Å². The molecule has 8 heteroatoms. The van der Waals surface area contributed by atoms with Gasteiger partial charge in [-0.1, -0.05) is 0 Å². The van der Waals surface area contributed by atoms with Gasteiger partial charge < -0.3 is 5.73 Å². The Hall–Kier alpha value is -1.51. The van der Waals surface area contributed by atoms with Crippen molar-refractivity contribution in [2.75, 3.05) is 4.72 Å². The first-order valence-corrected chi connectivity index (χ1v) is 8.16. The molecule has 1 atom stereocenters. The second-order valence-electron chi connectivity index (χ2n) is 4.38. The molecule has 0 spiro atoms. The molecule has 0 amide bonds. The van der Waals surface area contributed by atoms with Gasteiger partial charge in [0.1, 0.15) is 5.82 Å². The van der Waals surface area contributed by atoms with E-state index < -0.39 is 15.8 Å². The number of benzene rings is 1. The smallest absolute Gasteiger partial charge is 0.263 e. The Labute approximate surface area is 120 Å². The van der Waals surface area contributed by atoms with Crippen LogP contribution in [0.5, 0.6) is 0 Å². The number of nitrogens with one attached hydrogen (secondary N) is 1. The molecular weight excluding hydrogens is 301 g/mol. The van der Waals surface area contributed by atoms with Crippen LogP contribution in [0.2, 0.25) is 0 Å². The zero-order chi connectivity index (χ0) is 14.9. The zero-order valence-corrected chi connectivity index (χ0v) is 12.6. The fourth-order valence-electron chi connectivity index (χ4n) is 1.63. The number of rotatable bonds is 4. The molecule has 0 aliphatic carbocycles. The Morgan fingerprint density at radius 3 is 2.70 bits per heavy atom. The summed E-state index contributed by atoms with van der Waals surface area (Å²) in [6, 6.07) is 3.24. The molecule has 2 rings (SSSR count). The largest absolute Gasteiger partial charge is 0.323 e. The van der Waals surface area contributed by atoms with E-state index in [0.29, 0.717) is 11.3 Å². The molecule has 1 aromatic carbocycles. The first-order valence-electron chi connectivity index (χ1n) is 5.79. The van der Waals surface area contributed by atoms with Crippen molar-refractivity contribution in [3.8, 4) is 0 Å². The van der Waals surface area contributed by atoms with Gasteiger partial charge in [-0.2, -0.15) is 0 Å². The van der Waals surface area contributed by atoms with E-state index in [-0.39, 0.29) is 16.1 Å². The van der Waals surface area contributed by atoms with E-state index in [0.717, 1.165) is 17.4 Å². The summed E-state index contributed by atoms with van der Waals surface area (Å²) in [4.78, 5) is 4.12. The van der Waals surface area contributed by atoms with Crippen molar-refractivity contribution in [1.82, 2.24) is 4.98 Å². The molecule has 0 aliphatic rings. The summed E-state index contributed by atoms with van der Waals surface area (Å²) in [5.41, 5.74) is 6.62. The number of thiazole rings is 1. The van der Waals surface area contributed by atoms with Gasteiger partial charge in [0.25, 0.3) is 10.0 Å². The zero-order valence-electron chi connectivity index (χ0n) is 10.9. The molecule has 0 radical (unpaired) electrons. The van der Waals surface area contributed by atoms with Crippen LogP contribution in [-0.4, -0.2) is 13.4 Å². The number of hydrogen-bond acceptors (Lipinski definition) is 5. The van der Waals surface area contributed by atoms with Crippen molar-refractivity contribution < 1.29 is 12.8 Å². The van der Waals surface area contributed by atoms with Crippen LogP contribution in [0.15, 0.2) is 28.5 Å². The van der Waals surface area contributed by atoms with Gasteiger partial charge >= 0.3 is 0 Å². The standard InChI is InChI=1S/C12H14FN3O2S2/c1-7-5-9(13)3-4-11(7)20(17,18)16-12-15-10(6-19-12)8(2)14/h3-6,8H,14H2,1-2H3,(H,15,16). The van der Waals surface area contributed by atoms with E-state index in [4.69, 9.17) is 5.73 Å². The second-order valence-corrected chi connectivity index (χ2v) is 6.89. The Morgan fingerprint density at radius 1 is 1.45 bits per heavy atom. The highest BCUT2D eigenvalue weighted by Gasteiger charge is 2.19. The van der Waals surface area contributed by atoms with E-state index in [1.54, 1.807) is 12.3 Å². The van der Waals surface area contributed by atoms with E-state index in [1.165, 1.54) is 19.1 Å². The maximum Gasteiger partial charge on any atom is 0.263 e. The lowest BCUT2D eigenvalue weighted by Gasteiger charge is -2.08. The molecule has 108 valence electrons. The molecule has 1 heterocycles. The lowest BCUT2D eigenvalue weighted by Crippen LogP contribution is -2.14. The van der Waals surface area contributed by atoms with Crippen LogP contribution in [0, 0.1) is 12.7 Å².